The Balaban J connectivity index is 2.79. The van der Waals surface area contributed by atoms with Crippen LogP contribution in [0.5, 0.6) is 0 Å². The fraction of sp³-hybridized carbons (Fsp3) is 0.545. The molecule has 1 amide bonds. The van der Waals surface area contributed by atoms with Gasteiger partial charge in [-0.3, -0.25) is 4.79 Å². The normalized spacial score (nSPS) is 11.2. The zero-order valence-corrected chi connectivity index (χ0v) is 10.7. The van der Waals surface area contributed by atoms with Crippen LogP contribution < -0.4 is 5.32 Å². The van der Waals surface area contributed by atoms with Gasteiger partial charge >= 0.3 is 6.18 Å². The van der Waals surface area contributed by atoms with Gasteiger partial charge in [0.15, 0.2) is 0 Å². The van der Waals surface area contributed by atoms with Gasteiger partial charge in [-0.15, -0.1) is 0 Å². The summed E-state index contributed by atoms with van der Waals surface area (Å²) in [6, 6.07) is 0. The highest BCUT2D eigenvalue weighted by Gasteiger charge is 2.33. The van der Waals surface area contributed by atoms with Crippen molar-refractivity contribution in [3.05, 3.63) is 18.1 Å². The molecule has 106 valence electrons. The van der Waals surface area contributed by atoms with Gasteiger partial charge in [0.1, 0.15) is 18.1 Å². The highest BCUT2D eigenvalue weighted by atomic mass is 19.4. The van der Waals surface area contributed by atoms with Crippen molar-refractivity contribution >= 4 is 11.7 Å². The molecular formula is C11H15F3N4O. The number of alkyl halides is 3. The van der Waals surface area contributed by atoms with Crippen LogP contribution in [-0.2, 0) is 0 Å². The average Bonchev–Trinajstić information content (AvgIpc) is 2.35. The van der Waals surface area contributed by atoms with Crippen LogP contribution in [0.25, 0.3) is 0 Å². The van der Waals surface area contributed by atoms with E-state index >= 15 is 0 Å². The third-order valence-corrected chi connectivity index (χ3v) is 2.27. The van der Waals surface area contributed by atoms with Crippen molar-refractivity contribution in [1.29, 1.82) is 0 Å². The zero-order chi connectivity index (χ0) is 14.5. The first-order valence-corrected chi connectivity index (χ1v) is 5.79. The van der Waals surface area contributed by atoms with Crippen LogP contribution in [0, 0.1) is 0 Å². The van der Waals surface area contributed by atoms with E-state index in [1.54, 1.807) is 0 Å². The Labute approximate surface area is 108 Å². The van der Waals surface area contributed by atoms with Gasteiger partial charge in [-0.25, -0.2) is 9.97 Å². The van der Waals surface area contributed by atoms with Crippen molar-refractivity contribution in [3.63, 3.8) is 0 Å². The molecule has 0 aliphatic carbocycles. The largest absolute Gasteiger partial charge is 0.406 e. The Bertz CT molecular complexity index is 419. The molecule has 0 saturated heterocycles. The van der Waals surface area contributed by atoms with Crippen LogP contribution >= 0.6 is 0 Å². The summed E-state index contributed by atoms with van der Waals surface area (Å²) >= 11 is 0. The predicted octanol–water partition coefficient (Wildman–Crippen LogP) is 1.93. The van der Waals surface area contributed by atoms with Gasteiger partial charge in [0.2, 0.25) is 0 Å². The molecule has 1 aromatic rings. The van der Waals surface area contributed by atoms with Gasteiger partial charge < -0.3 is 10.2 Å². The van der Waals surface area contributed by atoms with Crippen LogP contribution in [-0.4, -0.2) is 46.6 Å². The minimum atomic E-state index is -4.43. The van der Waals surface area contributed by atoms with Crippen molar-refractivity contribution in [1.82, 2.24) is 14.9 Å². The van der Waals surface area contributed by atoms with E-state index in [4.69, 9.17) is 0 Å². The standard InChI is InChI=1S/C11H15F3N4O/c1-3-15-9-6-16-8(5-17-9)10(19)18(4-2)7-11(12,13)14/h5-6H,3-4,7H2,1-2H3,(H,15,17). The first kappa shape index (κ1) is 15.2. The molecular weight excluding hydrogens is 261 g/mol. The summed E-state index contributed by atoms with van der Waals surface area (Å²) in [5.74, 6) is -0.312. The number of carbonyl (C=O) groups is 1. The first-order chi connectivity index (χ1) is 8.87. The second-order valence-electron chi connectivity index (χ2n) is 3.75. The summed E-state index contributed by atoms with van der Waals surface area (Å²) in [5.41, 5.74) is -0.104. The predicted molar refractivity (Wildman–Crippen MR) is 63.8 cm³/mol. The number of nitrogens with zero attached hydrogens (tertiary/aromatic N) is 3. The van der Waals surface area contributed by atoms with Gasteiger partial charge in [0, 0.05) is 13.1 Å². The van der Waals surface area contributed by atoms with E-state index in [1.165, 1.54) is 19.3 Å². The molecule has 8 heteroatoms. The van der Waals surface area contributed by atoms with Crippen molar-refractivity contribution in [2.75, 3.05) is 25.0 Å². The van der Waals surface area contributed by atoms with Crippen LogP contribution in [0.2, 0.25) is 0 Å². The van der Waals surface area contributed by atoms with E-state index < -0.39 is 18.6 Å². The summed E-state index contributed by atoms with van der Waals surface area (Å²) in [7, 11) is 0. The number of carbonyl (C=O) groups excluding carboxylic acids is 1. The lowest BCUT2D eigenvalue weighted by Gasteiger charge is -2.21. The Kier molecular flexibility index (Phi) is 5.08. The fourth-order valence-electron chi connectivity index (χ4n) is 1.42. The lowest BCUT2D eigenvalue weighted by molar-refractivity contribution is -0.140. The Morgan fingerprint density at radius 1 is 1.32 bits per heavy atom. The molecule has 1 N–H and O–H groups in total. The fourth-order valence-corrected chi connectivity index (χ4v) is 1.42. The Morgan fingerprint density at radius 3 is 2.42 bits per heavy atom. The van der Waals surface area contributed by atoms with Crippen LogP contribution in [0.15, 0.2) is 12.4 Å². The number of rotatable bonds is 5. The van der Waals surface area contributed by atoms with Crippen molar-refractivity contribution in [3.8, 4) is 0 Å². The molecule has 0 atom stereocenters. The third kappa shape index (κ3) is 4.72. The molecule has 0 aromatic carbocycles. The first-order valence-electron chi connectivity index (χ1n) is 5.79. The number of amides is 1. The lowest BCUT2D eigenvalue weighted by atomic mass is 10.3. The monoisotopic (exact) mass is 276 g/mol. The summed E-state index contributed by atoms with van der Waals surface area (Å²) in [4.78, 5) is 20.2. The van der Waals surface area contributed by atoms with Gasteiger partial charge in [0.05, 0.1) is 12.4 Å². The molecule has 19 heavy (non-hydrogen) atoms. The summed E-state index contributed by atoms with van der Waals surface area (Å²) in [6.45, 7) is 2.64. The number of halogens is 3. The molecule has 1 aromatic heterocycles. The second kappa shape index (κ2) is 6.35. The van der Waals surface area contributed by atoms with Crippen LogP contribution in [0.3, 0.4) is 0 Å². The van der Waals surface area contributed by atoms with Gasteiger partial charge in [-0.2, -0.15) is 13.2 Å². The molecule has 0 bridgehead atoms. The molecule has 0 aliphatic rings. The van der Waals surface area contributed by atoms with Gasteiger partial charge in [-0.1, -0.05) is 0 Å². The Hall–Kier alpha value is -1.86. The van der Waals surface area contributed by atoms with Crippen molar-refractivity contribution < 1.29 is 18.0 Å². The van der Waals surface area contributed by atoms with E-state index in [0.717, 1.165) is 0 Å². The van der Waals surface area contributed by atoms with Crippen molar-refractivity contribution in [2.24, 2.45) is 0 Å². The molecule has 5 nitrogen and oxygen atoms in total. The summed E-state index contributed by atoms with van der Waals surface area (Å²) in [5, 5.41) is 2.88. The quantitative estimate of drug-likeness (QED) is 0.892. The number of anilines is 1. The molecule has 1 heterocycles. The third-order valence-electron chi connectivity index (χ3n) is 2.27. The zero-order valence-electron chi connectivity index (χ0n) is 10.7. The number of aromatic nitrogens is 2. The maximum atomic E-state index is 12.3. The topological polar surface area (TPSA) is 58.1 Å². The van der Waals surface area contributed by atoms with E-state index in [-0.39, 0.29) is 12.2 Å². The van der Waals surface area contributed by atoms with E-state index in [2.05, 4.69) is 15.3 Å². The number of hydrogen-bond acceptors (Lipinski definition) is 4. The van der Waals surface area contributed by atoms with Crippen LogP contribution in [0.4, 0.5) is 19.0 Å². The van der Waals surface area contributed by atoms with Crippen LogP contribution in [0.1, 0.15) is 24.3 Å². The number of nitrogens with one attached hydrogen (secondary N) is 1. The van der Waals surface area contributed by atoms with Gasteiger partial charge in [0.25, 0.3) is 5.91 Å². The molecule has 0 aliphatic heterocycles. The molecule has 0 fully saturated rings. The minimum absolute atomic E-state index is 0.0466. The molecule has 0 saturated carbocycles. The maximum absolute atomic E-state index is 12.3. The summed E-state index contributed by atoms with van der Waals surface area (Å²) in [6.07, 6.45) is -1.94. The van der Waals surface area contributed by atoms with Crippen molar-refractivity contribution in [2.45, 2.75) is 20.0 Å². The van der Waals surface area contributed by atoms with E-state index in [1.807, 2.05) is 6.92 Å². The molecule has 1 rings (SSSR count). The van der Waals surface area contributed by atoms with E-state index in [9.17, 15) is 18.0 Å². The number of hydrogen-bond donors (Lipinski definition) is 1. The lowest BCUT2D eigenvalue weighted by Crippen LogP contribution is -2.39. The average molecular weight is 276 g/mol. The van der Waals surface area contributed by atoms with Gasteiger partial charge in [-0.05, 0) is 13.8 Å². The highest BCUT2D eigenvalue weighted by Crippen LogP contribution is 2.17. The minimum Gasteiger partial charge on any atom is -0.369 e. The molecule has 0 spiro atoms. The Morgan fingerprint density at radius 2 is 2.00 bits per heavy atom. The van der Waals surface area contributed by atoms with E-state index in [0.29, 0.717) is 17.3 Å². The maximum Gasteiger partial charge on any atom is 0.406 e. The second-order valence-corrected chi connectivity index (χ2v) is 3.75. The highest BCUT2D eigenvalue weighted by molar-refractivity contribution is 5.92. The summed E-state index contributed by atoms with van der Waals surface area (Å²) < 4.78 is 36.9. The SMILES string of the molecule is CCNc1cnc(C(=O)N(CC)CC(F)(F)F)cn1. The molecule has 0 unspecified atom stereocenters. The molecule has 0 radical (unpaired) electrons. The smallest absolute Gasteiger partial charge is 0.369 e.